The number of anilines is 1. The lowest BCUT2D eigenvalue weighted by molar-refractivity contribution is -0.129. The Balaban J connectivity index is 0.00000320. The van der Waals surface area contributed by atoms with E-state index in [1.54, 1.807) is 11.3 Å². The van der Waals surface area contributed by atoms with Gasteiger partial charge in [-0.15, -0.1) is 24.0 Å². The maximum atomic E-state index is 12.6. The molecule has 1 aliphatic heterocycles. The second-order valence-electron chi connectivity index (χ2n) is 7.24. The van der Waals surface area contributed by atoms with Crippen LogP contribution in [0.3, 0.4) is 0 Å². The van der Waals surface area contributed by atoms with Crippen molar-refractivity contribution in [1.29, 1.82) is 0 Å². The minimum Gasteiger partial charge on any atom is -0.368 e. The van der Waals surface area contributed by atoms with Crippen molar-refractivity contribution in [3.05, 3.63) is 52.7 Å². The fourth-order valence-corrected chi connectivity index (χ4v) is 4.15. The Kier molecular flexibility index (Phi) is 10.4. The minimum atomic E-state index is 0. The van der Waals surface area contributed by atoms with Gasteiger partial charge in [0.1, 0.15) is 6.54 Å². The Morgan fingerprint density at radius 3 is 2.50 bits per heavy atom. The molecule has 0 aliphatic carbocycles. The first-order valence-electron chi connectivity index (χ1n) is 10.3. The van der Waals surface area contributed by atoms with E-state index in [0.29, 0.717) is 11.9 Å². The summed E-state index contributed by atoms with van der Waals surface area (Å²) in [6, 6.07) is 12.5. The van der Waals surface area contributed by atoms with E-state index in [4.69, 9.17) is 0 Å². The van der Waals surface area contributed by atoms with Crippen LogP contribution in [-0.2, 0) is 4.79 Å². The molecular weight excluding hydrogens is 509 g/mol. The highest BCUT2D eigenvalue weighted by atomic mass is 127. The van der Waals surface area contributed by atoms with Crippen LogP contribution in [0.2, 0.25) is 0 Å². The van der Waals surface area contributed by atoms with Crippen molar-refractivity contribution < 1.29 is 4.79 Å². The Hall–Kier alpha value is -1.81. The third-order valence-corrected chi connectivity index (χ3v) is 5.86. The maximum Gasteiger partial charge on any atom is 0.244 e. The summed E-state index contributed by atoms with van der Waals surface area (Å²) < 4.78 is 0. The quantitative estimate of drug-likeness (QED) is 0.321. The molecule has 2 aromatic rings. The van der Waals surface area contributed by atoms with E-state index < -0.39 is 0 Å². The topological polar surface area (TPSA) is 60.0 Å². The highest BCUT2D eigenvalue weighted by Gasteiger charge is 2.21. The standard InChI is InChI=1S/C22H31N5OS.HI/c1-3-23-22(24-15-18(2)19-9-14-29-17-19)25-16-21(28)27-12-10-26(11-13-27)20-7-5-4-6-8-20;/h4-9,14,17-18H,3,10-13,15-16H2,1-2H3,(H2,23,24,25);1H. The predicted molar refractivity (Wildman–Crippen MR) is 137 cm³/mol. The second-order valence-corrected chi connectivity index (χ2v) is 8.02. The maximum absolute atomic E-state index is 12.6. The van der Waals surface area contributed by atoms with Gasteiger partial charge in [0.05, 0.1) is 0 Å². The fraction of sp³-hybridized carbons (Fsp3) is 0.455. The third kappa shape index (κ3) is 7.16. The summed E-state index contributed by atoms with van der Waals surface area (Å²) in [7, 11) is 0. The molecule has 1 fully saturated rings. The molecule has 30 heavy (non-hydrogen) atoms. The van der Waals surface area contributed by atoms with Gasteiger partial charge < -0.3 is 20.4 Å². The first-order valence-corrected chi connectivity index (χ1v) is 11.2. The Morgan fingerprint density at radius 1 is 1.13 bits per heavy atom. The summed E-state index contributed by atoms with van der Waals surface area (Å²) in [6.07, 6.45) is 0. The zero-order chi connectivity index (χ0) is 20.5. The highest BCUT2D eigenvalue weighted by Crippen LogP contribution is 2.17. The SMILES string of the molecule is CCNC(=NCC(=O)N1CCN(c2ccccc2)CC1)NCC(C)c1ccsc1.I. The van der Waals surface area contributed by atoms with Crippen molar-refractivity contribution in [3.8, 4) is 0 Å². The number of piperazine rings is 1. The molecule has 8 heteroatoms. The number of nitrogens with zero attached hydrogens (tertiary/aromatic N) is 3. The summed E-state index contributed by atoms with van der Waals surface area (Å²) in [6.45, 7) is 9.14. The number of aliphatic imine (C=N–C) groups is 1. The number of carbonyl (C=O) groups excluding carboxylic acids is 1. The number of guanidine groups is 1. The molecule has 6 nitrogen and oxygen atoms in total. The lowest BCUT2D eigenvalue weighted by Gasteiger charge is -2.36. The van der Waals surface area contributed by atoms with Gasteiger partial charge in [0, 0.05) is 45.0 Å². The summed E-state index contributed by atoms with van der Waals surface area (Å²) in [4.78, 5) is 21.4. The van der Waals surface area contributed by atoms with Crippen LogP contribution >= 0.6 is 35.3 Å². The molecule has 3 rings (SSSR count). The van der Waals surface area contributed by atoms with Crippen LogP contribution in [0.4, 0.5) is 5.69 Å². The molecule has 1 atom stereocenters. The smallest absolute Gasteiger partial charge is 0.244 e. The first kappa shape index (κ1) is 24.5. The molecule has 1 aliphatic rings. The minimum absolute atomic E-state index is 0. The van der Waals surface area contributed by atoms with E-state index in [-0.39, 0.29) is 36.4 Å². The zero-order valence-electron chi connectivity index (χ0n) is 17.7. The van der Waals surface area contributed by atoms with E-state index in [2.05, 4.69) is 68.5 Å². The summed E-state index contributed by atoms with van der Waals surface area (Å²) in [5.74, 6) is 1.18. The van der Waals surface area contributed by atoms with Crippen LogP contribution in [0, 0.1) is 0 Å². The van der Waals surface area contributed by atoms with E-state index in [0.717, 1.165) is 39.3 Å². The van der Waals surface area contributed by atoms with Gasteiger partial charge in [0.15, 0.2) is 5.96 Å². The van der Waals surface area contributed by atoms with E-state index >= 15 is 0 Å². The first-order chi connectivity index (χ1) is 14.2. The number of para-hydroxylation sites is 1. The van der Waals surface area contributed by atoms with E-state index in [1.807, 2.05) is 17.9 Å². The van der Waals surface area contributed by atoms with Gasteiger partial charge in [-0.05, 0) is 47.4 Å². The Labute approximate surface area is 200 Å². The number of carbonyl (C=O) groups is 1. The van der Waals surface area contributed by atoms with E-state index in [1.165, 1.54) is 11.3 Å². The number of hydrogen-bond donors (Lipinski definition) is 2. The van der Waals surface area contributed by atoms with Gasteiger partial charge in [-0.3, -0.25) is 4.79 Å². The van der Waals surface area contributed by atoms with Crippen LogP contribution in [0.25, 0.3) is 0 Å². The van der Waals surface area contributed by atoms with E-state index in [9.17, 15) is 4.79 Å². The highest BCUT2D eigenvalue weighted by molar-refractivity contribution is 14.0. The molecule has 1 aromatic carbocycles. The van der Waals surface area contributed by atoms with Crippen LogP contribution in [0.5, 0.6) is 0 Å². The molecule has 1 saturated heterocycles. The largest absolute Gasteiger partial charge is 0.368 e. The number of thiophene rings is 1. The lowest BCUT2D eigenvalue weighted by atomic mass is 10.1. The number of nitrogens with one attached hydrogen (secondary N) is 2. The Bertz CT molecular complexity index is 776. The number of benzene rings is 1. The predicted octanol–water partition coefficient (Wildman–Crippen LogP) is 3.37. The molecule has 0 spiro atoms. The van der Waals surface area contributed by atoms with Crippen LogP contribution < -0.4 is 15.5 Å². The van der Waals surface area contributed by atoms with Crippen molar-refractivity contribution in [3.63, 3.8) is 0 Å². The summed E-state index contributed by atoms with van der Waals surface area (Å²) in [5, 5.41) is 10.9. The lowest BCUT2D eigenvalue weighted by Crippen LogP contribution is -2.49. The summed E-state index contributed by atoms with van der Waals surface area (Å²) in [5.41, 5.74) is 2.54. The van der Waals surface area contributed by atoms with Crippen molar-refractivity contribution in [2.75, 3.05) is 50.7 Å². The van der Waals surface area contributed by atoms with Gasteiger partial charge in [-0.25, -0.2) is 4.99 Å². The average Bonchev–Trinajstić information content (AvgIpc) is 3.31. The number of hydrogen-bond acceptors (Lipinski definition) is 4. The van der Waals surface area contributed by atoms with Gasteiger partial charge in [0.25, 0.3) is 0 Å². The molecule has 1 aromatic heterocycles. The number of rotatable bonds is 7. The van der Waals surface area contributed by atoms with Crippen molar-refractivity contribution in [1.82, 2.24) is 15.5 Å². The molecular formula is C22H32IN5OS. The van der Waals surface area contributed by atoms with Gasteiger partial charge >= 0.3 is 0 Å². The molecule has 0 radical (unpaired) electrons. The Morgan fingerprint density at radius 2 is 1.87 bits per heavy atom. The molecule has 0 saturated carbocycles. The summed E-state index contributed by atoms with van der Waals surface area (Å²) >= 11 is 1.71. The monoisotopic (exact) mass is 541 g/mol. The third-order valence-electron chi connectivity index (χ3n) is 5.16. The molecule has 164 valence electrons. The average molecular weight is 542 g/mol. The second kappa shape index (κ2) is 12.8. The van der Waals surface area contributed by atoms with Crippen molar-refractivity contribution >= 4 is 52.9 Å². The molecule has 0 bridgehead atoms. The van der Waals surface area contributed by atoms with Crippen LogP contribution in [-0.4, -0.2) is 62.6 Å². The molecule has 1 amide bonds. The van der Waals surface area contributed by atoms with Crippen molar-refractivity contribution in [2.45, 2.75) is 19.8 Å². The number of halogens is 1. The van der Waals surface area contributed by atoms with Gasteiger partial charge in [-0.2, -0.15) is 11.3 Å². The molecule has 2 heterocycles. The van der Waals surface area contributed by atoms with Gasteiger partial charge in [-0.1, -0.05) is 25.1 Å². The molecule has 2 N–H and O–H groups in total. The molecule has 1 unspecified atom stereocenters. The zero-order valence-corrected chi connectivity index (χ0v) is 20.9. The fourth-order valence-electron chi connectivity index (χ4n) is 3.36. The van der Waals surface area contributed by atoms with Crippen molar-refractivity contribution in [2.24, 2.45) is 4.99 Å². The van der Waals surface area contributed by atoms with Crippen LogP contribution in [0.1, 0.15) is 25.3 Å². The van der Waals surface area contributed by atoms with Gasteiger partial charge in [0.2, 0.25) is 5.91 Å². The van der Waals surface area contributed by atoms with Crippen LogP contribution in [0.15, 0.2) is 52.2 Å². The normalized spacial score (nSPS) is 15.3. The number of amides is 1.